The summed E-state index contributed by atoms with van der Waals surface area (Å²) in [7, 11) is 0. The predicted molar refractivity (Wildman–Crippen MR) is 83.8 cm³/mol. The maximum atomic E-state index is 8.16. The fourth-order valence-electron chi connectivity index (χ4n) is 1.76. The average Bonchev–Trinajstić information content (AvgIpc) is 2.50. The van der Waals surface area contributed by atoms with Crippen molar-refractivity contribution in [1.29, 1.82) is 0 Å². The smallest absolute Gasteiger partial charge is 0.0384 e. The van der Waals surface area contributed by atoms with Crippen LogP contribution in [0.25, 0.3) is 16.5 Å². The van der Waals surface area contributed by atoms with Crippen LogP contribution in [0.2, 0.25) is 0 Å². The molecule has 20 heavy (non-hydrogen) atoms. The van der Waals surface area contributed by atoms with E-state index in [0.29, 0.717) is 6.54 Å². The molecule has 1 N–H and O–H groups in total. The molecule has 0 bridgehead atoms. The largest absolute Gasteiger partial charge is 0.356 e. The Bertz CT molecular complexity index is 596. The third-order valence-corrected chi connectivity index (χ3v) is 2.74. The summed E-state index contributed by atoms with van der Waals surface area (Å²) in [5, 5.41) is 6.82. The number of hydrogen-bond donors (Lipinski definition) is 1. The summed E-state index contributed by atoms with van der Waals surface area (Å²) in [5.41, 5.74) is 11.4. The fourth-order valence-corrected chi connectivity index (χ4v) is 1.76. The molecule has 0 saturated carbocycles. The highest BCUT2D eigenvalue weighted by Crippen LogP contribution is 2.17. The lowest BCUT2D eigenvalue weighted by molar-refractivity contribution is 0.996. The van der Waals surface area contributed by atoms with E-state index >= 15 is 0 Å². The molecule has 0 atom stereocenters. The molecule has 2 aromatic rings. The first kappa shape index (κ1) is 13.7. The Labute approximate surface area is 118 Å². The normalized spacial score (nSPS) is 10.2. The van der Waals surface area contributed by atoms with Crippen LogP contribution in [0, 0.1) is 0 Å². The molecule has 0 aliphatic carbocycles. The van der Waals surface area contributed by atoms with Gasteiger partial charge in [0.15, 0.2) is 0 Å². The van der Waals surface area contributed by atoms with E-state index in [1.165, 1.54) is 0 Å². The summed E-state index contributed by atoms with van der Waals surface area (Å²) in [6.07, 6.45) is 4.79. The van der Waals surface area contributed by atoms with Gasteiger partial charge in [-0.05, 0) is 41.8 Å². The minimum absolute atomic E-state index is 0.501. The monoisotopic (exact) mass is 264 g/mol. The Balaban J connectivity index is 1.91. The molecule has 0 aromatic heterocycles. The standard InChI is InChI=1S/C16H16N4/c17-20-18-13-5-4-6-14-9-11-16(12-10-14)19-15-7-2-1-3-8-15/h1-4,6-12,19H,5,13H2. The molecular weight excluding hydrogens is 248 g/mol. The van der Waals surface area contributed by atoms with Gasteiger partial charge in [-0.2, -0.15) is 0 Å². The highest BCUT2D eigenvalue weighted by Gasteiger charge is 1.93. The highest BCUT2D eigenvalue weighted by atomic mass is 15.1. The summed E-state index contributed by atoms with van der Waals surface area (Å²) in [4.78, 5) is 2.71. The number of azide groups is 1. The van der Waals surface area contributed by atoms with E-state index in [2.05, 4.69) is 27.5 Å². The van der Waals surface area contributed by atoms with Crippen molar-refractivity contribution < 1.29 is 0 Å². The second kappa shape index (κ2) is 7.67. The van der Waals surface area contributed by atoms with Crippen molar-refractivity contribution in [3.05, 3.63) is 76.7 Å². The Kier molecular flexibility index (Phi) is 5.26. The molecule has 0 amide bonds. The van der Waals surface area contributed by atoms with Crippen LogP contribution >= 0.6 is 0 Å². The van der Waals surface area contributed by atoms with Crippen LogP contribution < -0.4 is 5.32 Å². The molecule has 0 unspecified atom stereocenters. The average molecular weight is 264 g/mol. The van der Waals surface area contributed by atoms with E-state index in [4.69, 9.17) is 5.53 Å². The molecule has 100 valence electrons. The molecule has 0 fully saturated rings. The Morgan fingerprint density at radius 2 is 1.70 bits per heavy atom. The van der Waals surface area contributed by atoms with Crippen molar-refractivity contribution in [3.63, 3.8) is 0 Å². The lowest BCUT2D eigenvalue weighted by atomic mass is 10.2. The van der Waals surface area contributed by atoms with Crippen molar-refractivity contribution >= 4 is 17.5 Å². The summed E-state index contributed by atoms with van der Waals surface area (Å²) >= 11 is 0. The van der Waals surface area contributed by atoms with Gasteiger partial charge in [0, 0.05) is 22.8 Å². The van der Waals surface area contributed by atoms with Crippen LogP contribution in [-0.4, -0.2) is 6.54 Å². The number of nitrogens with one attached hydrogen (secondary N) is 1. The lowest BCUT2D eigenvalue weighted by Gasteiger charge is -2.06. The van der Waals surface area contributed by atoms with Gasteiger partial charge >= 0.3 is 0 Å². The molecule has 0 heterocycles. The van der Waals surface area contributed by atoms with Crippen LogP contribution in [0.1, 0.15) is 12.0 Å². The van der Waals surface area contributed by atoms with Crippen molar-refractivity contribution in [1.82, 2.24) is 0 Å². The van der Waals surface area contributed by atoms with E-state index in [9.17, 15) is 0 Å². The zero-order chi connectivity index (χ0) is 14.0. The summed E-state index contributed by atoms with van der Waals surface area (Å²) in [5.74, 6) is 0. The van der Waals surface area contributed by atoms with Crippen LogP contribution in [0.4, 0.5) is 11.4 Å². The van der Waals surface area contributed by atoms with Gasteiger partial charge in [-0.1, -0.05) is 47.6 Å². The zero-order valence-electron chi connectivity index (χ0n) is 11.1. The maximum Gasteiger partial charge on any atom is 0.0384 e. The molecule has 4 heteroatoms. The SMILES string of the molecule is [N-]=[N+]=NCCC=Cc1ccc(Nc2ccccc2)cc1. The molecular formula is C16H16N4. The first-order valence-electron chi connectivity index (χ1n) is 6.48. The molecule has 0 aliphatic heterocycles. The second-order valence-electron chi connectivity index (χ2n) is 4.26. The summed E-state index contributed by atoms with van der Waals surface area (Å²) in [6.45, 7) is 0.501. The molecule has 0 aliphatic rings. The third-order valence-electron chi connectivity index (χ3n) is 2.74. The Hall–Kier alpha value is -2.71. The van der Waals surface area contributed by atoms with Crippen LogP contribution in [0.15, 0.2) is 65.8 Å². The molecule has 0 spiro atoms. The summed E-state index contributed by atoms with van der Waals surface area (Å²) in [6, 6.07) is 18.2. The lowest BCUT2D eigenvalue weighted by Crippen LogP contribution is -1.89. The van der Waals surface area contributed by atoms with E-state index in [-0.39, 0.29) is 0 Å². The van der Waals surface area contributed by atoms with Gasteiger partial charge in [0.25, 0.3) is 0 Å². The van der Waals surface area contributed by atoms with Crippen LogP contribution in [-0.2, 0) is 0 Å². The van der Waals surface area contributed by atoms with Gasteiger partial charge < -0.3 is 5.32 Å². The van der Waals surface area contributed by atoms with Gasteiger partial charge in [0.2, 0.25) is 0 Å². The van der Waals surface area contributed by atoms with Gasteiger partial charge in [0.05, 0.1) is 0 Å². The molecule has 4 nitrogen and oxygen atoms in total. The van der Waals surface area contributed by atoms with Gasteiger partial charge in [-0.15, -0.1) is 0 Å². The predicted octanol–water partition coefficient (Wildman–Crippen LogP) is 5.14. The highest BCUT2D eigenvalue weighted by molar-refractivity contribution is 5.62. The quantitative estimate of drug-likeness (QED) is 0.334. The number of benzene rings is 2. The number of rotatable bonds is 6. The Morgan fingerprint density at radius 3 is 2.40 bits per heavy atom. The van der Waals surface area contributed by atoms with Crippen molar-refractivity contribution in [2.75, 3.05) is 11.9 Å². The van der Waals surface area contributed by atoms with Crippen molar-refractivity contribution in [2.24, 2.45) is 5.11 Å². The first-order chi connectivity index (χ1) is 9.88. The molecule has 0 radical (unpaired) electrons. The van der Waals surface area contributed by atoms with E-state index in [0.717, 1.165) is 23.4 Å². The van der Waals surface area contributed by atoms with Crippen LogP contribution in [0.3, 0.4) is 0 Å². The molecule has 2 rings (SSSR count). The minimum Gasteiger partial charge on any atom is -0.356 e. The number of para-hydroxylation sites is 1. The Morgan fingerprint density at radius 1 is 1.00 bits per heavy atom. The fraction of sp³-hybridized carbons (Fsp3) is 0.125. The topological polar surface area (TPSA) is 60.8 Å². The molecule has 2 aromatic carbocycles. The number of anilines is 2. The number of nitrogens with zero attached hydrogens (tertiary/aromatic N) is 3. The van der Waals surface area contributed by atoms with E-state index in [1.54, 1.807) is 0 Å². The van der Waals surface area contributed by atoms with Crippen LogP contribution in [0.5, 0.6) is 0 Å². The first-order valence-corrected chi connectivity index (χ1v) is 6.48. The number of hydrogen-bond acceptors (Lipinski definition) is 2. The maximum absolute atomic E-state index is 8.16. The summed E-state index contributed by atoms with van der Waals surface area (Å²) < 4.78 is 0. The second-order valence-corrected chi connectivity index (χ2v) is 4.26. The van der Waals surface area contributed by atoms with Gasteiger partial charge in [-0.25, -0.2) is 0 Å². The zero-order valence-corrected chi connectivity index (χ0v) is 11.1. The van der Waals surface area contributed by atoms with Gasteiger partial charge in [-0.3, -0.25) is 0 Å². The van der Waals surface area contributed by atoms with E-state index < -0.39 is 0 Å². The van der Waals surface area contributed by atoms with Crippen molar-refractivity contribution in [2.45, 2.75) is 6.42 Å². The third kappa shape index (κ3) is 4.52. The van der Waals surface area contributed by atoms with Gasteiger partial charge in [0.1, 0.15) is 0 Å². The van der Waals surface area contributed by atoms with Crippen molar-refractivity contribution in [3.8, 4) is 0 Å². The van der Waals surface area contributed by atoms with E-state index in [1.807, 2.05) is 54.6 Å². The molecule has 0 saturated heterocycles. The minimum atomic E-state index is 0.501.